The Balaban J connectivity index is 1.63. The zero-order valence-corrected chi connectivity index (χ0v) is 13.5. The first-order valence-electron chi connectivity index (χ1n) is 7.94. The standard InChI is InChI=1S/C17H24N2O4/c1-22-15-7-5-6-14(10-15)12-23-13-16(20)18-11-17(21)19-8-3-2-4-9-19/h5-7,10H,2-4,8-9,11-13H2,1H3,(H,18,20). The number of nitrogens with zero attached hydrogens (tertiary/aromatic N) is 1. The molecular weight excluding hydrogens is 296 g/mol. The quantitative estimate of drug-likeness (QED) is 0.823. The highest BCUT2D eigenvalue weighted by Gasteiger charge is 2.16. The highest BCUT2D eigenvalue weighted by Crippen LogP contribution is 2.13. The fraction of sp³-hybridized carbons (Fsp3) is 0.529. The smallest absolute Gasteiger partial charge is 0.246 e. The van der Waals surface area contributed by atoms with Crippen LogP contribution in [0.4, 0.5) is 0 Å². The summed E-state index contributed by atoms with van der Waals surface area (Å²) in [5.41, 5.74) is 0.932. The molecule has 126 valence electrons. The maximum atomic E-state index is 11.9. The molecule has 23 heavy (non-hydrogen) atoms. The van der Waals surface area contributed by atoms with Crippen molar-refractivity contribution in [3.8, 4) is 5.75 Å². The molecular formula is C17H24N2O4. The fourth-order valence-electron chi connectivity index (χ4n) is 2.50. The second-order valence-electron chi connectivity index (χ2n) is 5.56. The summed E-state index contributed by atoms with van der Waals surface area (Å²) < 4.78 is 10.5. The molecule has 1 fully saturated rings. The number of hydrogen-bond donors (Lipinski definition) is 1. The number of carbonyl (C=O) groups excluding carboxylic acids is 2. The molecule has 1 aromatic carbocycles. The summed E-state index contributed by atoms with van der Waals surface area (Å²) in [6.45, 7) is 1.89. The van der Waals surface area contributed by atoms with Crippen LogP contribution in [0.3, 0.4) is 0 Å². The van der Waals surface area contributed by atoms with E-state index in [9.17, 15) is 9.59 Å². The molecule has 0 saturated carbocycles. The van der Waals surface area contributed by atoms with Crippen LogP contribution in [0.5, 0.6) is 5.75 Å². The van der Waals surface area contributed by atoms with Gasteiger partial charge in [0.2, 0.25) is 11.8 Å². The van der Waals surface area contributed by atoms with Gasteiger partial charge < -0.3 is 19.7 Å². The van der Waals surface area contributed by atoms with Crippen molar-refractivity contribution in [3.05, 3.63) is 29.8 Å². The molecule has 0 unspecified atom stereocenters. The molecule has 1 heterocycles. The minimum atomic E-state index is -0.279. The Morgan fingerprint density at radius 3 is 2.74 bits per heavy atom. The van der Waals surface area contributed by atoms with Gasteiger partial charge in [-0.05, 0) is 37.0 Å². The molecule has 0 atom stereocenters. The molecule has 1 aliphatic heterocycles. The number of amides is 2. The third-order valence-electron chi connectivity index (χ3n) is 3.78. The first kappa shape index (κ1) is 17.3. The molecule has 0 aromatic heterocycles. The van der Waals surface area contributed by atoms with E-state index < -0.39 is 0 Å². The summed E-state index contributed by atoms with van der Waals surface area (Å²) in [6, 6.07) is 7.48. The summed E-state index contributed by atoms with van der Waals surface area (Å²) in [4.78, 5) is 25.4. The van der Waals surface area contributed by atoms with Crippen LogP contribution in [-0.2, 0) is 20.9 Å². The lowest BCUT2D eigenvalue weighted by atomic mass is 10.1. The Hall–Kier alpha value is -2.08. The van der Waals surface area contributed by atoms with Crippen LogP contribution in [0, 0.1) is 0 Å². The third kappa shape index (κ3) is 5.90. The Bertz CT molecular complexity index is 527. The molecule has 2 amide bonds. The van der Waals surface area contributed by atoms with Crippen molar-refractivity contribution < 1.29 is 19.1 Å². The Morgan fingerprint density at radius 1 is 1.22 bits per heavy atom. The molecule has 0 spiro atoms. The van der Waals surface area contributed by atoms with Gasteiger partial charge in [-0.25, -0.2) is 0 Å². The molecule has 1 N–H and O–H groups in total. The molecule has 6 nitrogen and oxygen atoms in total. The largest absolute Gasteiger partial charge is 0.497 e. The maximum absolute atomic E-state index is 11.9. The Morgan fingerprint density at radius 2 is 2.00 bits per heavy atom. The van der Waals surface area contributed by atoms with E-state index in [0.29, 0.717) is 6.61 Å². The zero-order chi connectivity index (χ0) is 16.5. The summed E-state index contributed by atoms with van der Waals surface area (Å²) in [6.07, 6.45) is 3.26. The van der Waals surface area contributed by atoms with Crippen molar-refractivity contribution in [1.82, 2.24) is 10.2 Å². The van der Waals surface area contributed by atoms with Gasteiger partial charge in [0.15, 0.2) is 0 Å². The topological polar surface area (TPSA) is 67.9 Å². The summed E-state index contributed by atoms with van der Waals surface area (Å²) >= 11 is 0. The van der Waals surface area contributed by atoms with Crippen molar-refractivity contribution in [1.29, 1.82) is 0 Å². The van der Waals surface area contributed by atoms with Gasteiger partial charge in [-0.15, -0.1) is 0 Å². The number of methoxy groups -OCH3 is 1. The molecule has 1 saturated heterocycles. The maximum Gasteiger partial charge on any atom is 0.246 e. The van der Waals surface area contributed by atoms with Crippen molar-refractivity contribution in [2.45, 2.75) is 25.9 Å². The Labute approximate surface area is 136 Å². The SMILES string of the molecule is COc1cccc(COCC(=O)NCC(=O)N2CCCCC2)c1. The van der Waals surface area contributed by atoms with Crippen molar-refractivity contribution in [3.63, 3.8) is 0 Å². The summed E-state index contributed by atoms with van der Waals surface area (Å²) in [5, 5.41) is 2.61. The second-order valence-corrected chi connectivity index (χ2v) is 5.56. The van der Waals surface area contributed by atoms with E-state index in [1.165, 1.54) is 6.42 Å². The summed E-state index contributed by atoms with van der Waals surface area (Å²) in [5.74, 6) is 0.451. The average Bonchev–Trinajstić information content (AvgIpc) is 2.60. The first-order chi connectivity index (χ1) is 11.2. The Kier molecular flexibility index (Phi) is 6.87. The fourth-order valence-corrected chi connectivity index (χ4v) is 2.50. The van der Waals surface area contributed by atoms with E-state index >= 15 is 0 Å². The lowest BCUT2D eigenvalue weighted by molar-refractivity contribution is -0.134. The number of nitrogens with one attached hydrogen (secondary N) is 1. The normalized spacial score (nSPS) is 14.4. The minimum absolute atomic E-state index is 0.0224. The lowest BCUT2D eigenvalue weighted by Crippen LogP contribution is -2.43. The molecule has 6 heteroatoms. The van der Waals surface area contributed by atoms with Crippen molar-refractivity contribution >= 4 is 11.8 Å². The van der Waals surface area contributed by atoms with Gasteiger partial charge in [-0.3, -0.25) is 9.59 Å². The third-order valence-corrected chi connectivity index (χ3v) is 3.78. The lowest BCUT2D eigenvalue weighted by Gasteiger charge is -2.26. The van der Waals surface area contributed by atoms with Gasteiger partial charge in [0, 0.05) is 13.1 Å². The minimum Gasteiger partial charge on any atom is -0.497 e. The number of hydrogen-bond acceptors (Lipinski definition) is 4. The van der Waals surface area contributed by atoms with Crippen LogP contribution in [0.2, 0.25) is 0 Å². The number of rotatable bonds is 7. The van der Waals surface area contributed by atoms with Crippen LogP contribution in [0.15, 0.2) is 24.3 Å². The monoisotopic (exact) mass is 320 g/mol. The number of likely N-dealkylation sites (tertiary alicyclic amines) is 1. The molecule has 0 radical (unpaired) electrons. The van der Waals surface area contributed by atoms with Gasteiger partial charge >= 0.3 is 0 Å². The van der Waals surface area contributed by atoms with Gasteiger partial charge in [0.25, 0.3) is 0 Å². The van der Waals surface area contributed by atoms with E-state index in [2.05, 4.69) is 5.32 Å². The highest BCUT2D eigenvalue weighted by molar-refractivity contribution is 5.85. The number of carbonyl (C=O) groups is 2. The summed E-state index contributed by atoms with van der Waals surface area (Å²) in [7, 11) is 1.60. The van der Waals surface area contributed by atoms with Crippen LogP contribution >= 0.6 is 0 Å². The van der Waals surface area contributed by atoms with E-state index in [4.69, 9.17) is 9.47 Å². The van der Waals surface area contributed by atoms with Crippen LogP contribution in [-0.4, -0.2) is 50.1 Å². The van der Waals surface area contributed by atoms with Gasteiger partial charge in [-0.2, -0.15) is 0 Å². The number of benzene rings is 1. The molecule has 0 aliphatic carbocycles. The van der Waals surface area contributed by atoms with E-state index in [1.54, 1.807) is 12.0 Å². The predicted octanol–water partition coefficient (Wildman–Crippen LogP) is 1.34. The molecule has 1 aromatic rings. The van der Waals surface area contributed by atoms with Gasteiger partial charge in [-0.1, -0.05) is 12.1 Å². The van der Waals surface area contributed by atoms with Crippen molar-refractivity contribution in [2.24, 2.45) is 0 Å². The van der Waals surface area contributed by atoms with E-state index in [-0.39, 0.29) is 25.0 Å². The highest BCUT2D eigenvalue weighted by atomic mass is 16.5. The van der Waals surface area contributed by atoms with E-state index in [0.717, 1.165) is 37.2 Å². The van der Waals surface area contributed by atoms with Crippen LogP contribution in [0.1, 0.15) is 24.8 Å². The van der Waals surface area contributed by atoms with E-state index in [1.807, 2.05) is 24.3 Å². The number of piperidine rings is 1. The molecule has 1 aliphatic rings. The van der Waals surface area contributed by atoms with Gasteiger partial charge in [0.05, 0.1) is 20.3 Å². The second kappa shape index (κ2) is 9.15. The predicted molar refractivity (Wildman–Crippen MR) is 86.1 cm³/mol. The average molecular weight is 320 g/mol. The number of ether oxygens (including phenoxy) is 2. The zero-order valence-electron chi connectivity index (χ0n) is 13.5. The van der Waals surface area contributed by atoms with Crippen molar-refractivity contribution in [2.75, 3.05) is 33.4 Å². The first-order valence-corrected chi connectivity index (χ1v) is 7.94. The molecule has 2 rings (SSSR count). The van der Waals surface area contributed by atoms with Crippen LogP contribution in [0.25, 0.3) is 0 Å². The van der Waals surface area contributed by atoms with Gasteiger partial charge in [0.1, 0.15) is 12.4 Å². The van der Waals surface area contributed by atoms with Crippen LogP contribution < -0.4 is 10.1 Å². The molecule has 0 bridgehead atoms.